The fourth-order valence-corrected chi connectivity index (χ4v) is 3.39. The topological polar surface area (TPSA) is 38.3 Å². The highest BCUT2D eigenvalue weighted by Crippen LogP contribution is 2.22. The predicted octanol–water partition coefficient (Wildman–Crippen LogP) is 4.33. The van der Waals surface area contributed by atoms with Crippen molar-refractivity contribution in [3.05, 3.63) is 64.7 Å². The summed E-state index contributed by atoms with van der Waals surface area (Å²) in [7, 11) is 0. The van der Waals surface area contributed by atoms with Gasteiger partial charge in [0.05, 0.1) is 6.61 Å². The number of carbonyl (C=O) groups is 1. The molecular formula is C22H27NO2. The minimum absolute atomic E-state index is 0.0417. The molecule has 3 heteroatoms. The van der Waals surface area contributed by atoms with Gasteiger partial charge < -0.3 is 10.1 Å². The summed E-state index contributed by atoms with van der Waals surface area (Å²) < 4.78 is 5.45. The van der Waals surface area contributed by atoms with E-state index in [1.54, 1.807) is 0 Å². The van der Waals surface area contributed by atoms with Gasteiger partial charge in [0.15, 0.2) is 0 Å². The Morgan fingerprint density at radius 2 is 1.80 bits per heavy atom. The highest BCUT2D eigenvalue weighted by Gasteiger charge is 2.12. The van der Waals surface area contributed by atoms with Gasteiger partial charge in [-0.1, -0.05) is 18.2 Å². The van der Waals surface area contributed by atoms with E-state index in [1.807, 2.05) is 25.1 Å². The molecule has 0 heterocycles. The first-order chi connectivity index (χ1) is 12.3. The highest BCUT2D eigenvalue weighted by molar-refractivity contribution is 5.94. The van der Waals surface area contributed by atoms with E-state index < -0.39 is 0 Å². The average Bonchev–Trinajstić information content (AvgIpc) is 2.66. The third kappa shape index (κ3) is 4.85. The first-order valence-corrected chi connectivity index (χ1v) is 9.38. The Labute approximate surface area is 150 Å². The number of amides is 1. The molecule has 3 rings (SSSR count). The zero-order valence-electron chi connectivity index (χ0n) is 15.0. The van der Waals surface area contributed by atoms with E-state index in [0.29, 0.717) is 13.2 Å². The van der Waals surface area contributed by atoms with Gasteiger partial charge in [-0.2, -0.15) is 0 Å². The number of hydrogen-bond acceptors (Lipinski definition) is 2. The van der Waals surface area contributed by atoms with Crippen LogP contribution in [0.4, 0.5) is 0 Å². The van der Waals surface area contributed by atoms with Gasteiger partial charge in [-0.15, -0.1) is 0 Å². The molecule has 132 valence electrons. The van der Waals surface area contributed by atoms with Crippen molar-refractivity contribution in [2.75, 3.05) is 13.2 Å². The SMILES string of the molecule is CCOc1ccc(CCCNC(=O)c2ccc3c(c2)CCCC3)cc1. The summed E-state index contributed by atoms with van der Waals surface area (Å²) in [6.07, 6.45) is 6.65. The van der Waals surface area contributed by atoms with Crippen molar-refractivity contribution >= 4 is 5.91 Å². The quantitative estimate of drug-likeness (QED) is 0.764. The fraction of sp³-hybridized carbons (Fsp3) is 0.409. The van der Waals surface area contributed by atoms with Crippen molar-refractivity contribution in [1.29, 1.82) is 0 Å². The van der Waals surface area contributed by atoms with Crippen LogP contribution in [0.3, 0.4) is 0 Å². The van der Waals surface area contributed by atoms with Crippen molar-refractivity contribution in [2.24, 2.45) is 0 Å². The third-order valence-electron chi connectivity index (χ3n) is 4.77. The highest BCUT2D eigenvalue weighted by atomic mass is 16.5. The van der Waals surface area contributed by atoms with E-state index >= 15 is 0 Å². The number of rotatable bonds is 7. The number of aryl methyl sites for hydroxylation is 3. The lowest BCUT2D eigenvalue weighted by Gasteiger charge is -2.16. The molecule has 3 nitrogen and oxygen atoms in total. The molecule has 0 saturated heterocycles. The Bertz CT molecular complexity index is 706. The van der Waals surface area contributed by atoms with Gasteiger partial charge >= 0.3 is 0 Å². The molecule has 2 aromatic rings. The molecule has 0 spiro atoms. The van der Waals surface area contributed by atoms with E-state index in [1.165, 1.54) is 29.5 Å². The maximum Gasteiger partial charge on any atom is 0.251 e. The maximum atomic E-state index is 12.3. The Balaban J connectivity index is 1.44. The largest absolute Gasteiger partial charge is 0.494 e. The van der Waals surface area contributed by atoms with Crippen molar-refractivity contribution < 1.29 is 9.53 Å². The van der Waals surface area contributed by atoms with Crippen LogP contribution in [-0.4, -0.2) is 19.1 Å². The summed E-state index contributed by atoms with van der Waals surface area (Å²) in [4.78, 5) is 12.3. The number of fused-ring (bicyclic) bond motifs is 1. The molecular weight excluding hydrogens is 310 g/mol. The van der Waals surface area contributed by atoms with Crippen LogP contribution in [0, 0.1) is 0 Å². The van der Waals surface area contributed by atoms with Crippen LogP contribution in [-0.2, 0) is 19.3 Å². The number of carbonyl (C=O) groups excluding carboxylic acids is 1. The van der Waals surface area contributed by atoms with Crippen molar-refractivity contribution in [3.8, 4) is 5.75 Å². The van der Waals surface area contributed by atoms with Crippen LogP contribution < -0.4 is 10.1 Å². The van der Waals surface area contributed by atoms with Gasteiger partial charge in [-0.25, -0.2) is 0 Å². The molecule has 2 aromatic carbocycles. The second kappa shape index (κ2) is 8.70. The first kappa shape index (κ1) is 17.5. The van der Waals surface area contributed by atoms with E-state index in [4.69, 9.17) is 4.74 Å². The lowest BCUT2D eigenvalue weighted by molar-refractivity contribution is 0.0953. The lowest BCUT2D eigenvalue weighted by Crippen LogP contribution is -2.25. The van der Waals surface area contributed by atoms with Gasteiger partial charge in [0.25, 0.3) is 5.91 Å². The standard InChI is InChI=1S/C22H27NO2/c1-2-25-21-13-9-17(10-14-21)6-5-15-23-22(24)20-12-11-18-7-3-4-8-19(18)16-20/h9-14,16H,2-8,15H2,1H3,(H,23,24). The van der Waals surface area contributed by atoms with Gasteiger partial charge in [0.1, 0.15) is 5.75 Å². The van der Waals surface area contributed by atoms with Gasteiger partial charge in [0.2, 0.25) is 0 Å². The summed E-state index contributed by atoms with van der Waals surface area (Å²) in [5.74, 6) is 0.951. The monoisotopic (exact) mass is 337 g/mol. The zero-order chi connectivity index (χ0) is 17.5. The van der Waals surface area contributed by atoms with Gasteiger partial charge in [-0.05, 0) is 86.4 Å². The first-order valence-electron chi connectivity index (χ1n) is 9.38. The molecule has 0 aromatic heterocycles. The van der Waals surface area contributed by atoms with Crippen molar-refractivity contribution in [1.82, 2.24) is 5.32 Å². The normalized spacial score (nSPS) is 13.2. The number of nitrogens with one attached hydrogen (secondary N) is 1. The minimum Gasteiger partial charge on any atom is -0.494 e. The summed E-state index contributed by atoms with van der Waals surface area (Å²) in [6, 6.07) is 14.4. The maximum absolute atomic E-state index is 12.3. The van der Waals surface area contributed by atoms with Crippen LogP contribution in [0.2, 0.25) is 0 Å². The molecule has 0 unspecified atom stereocenters. The molecule has 0 bridgehead atoms. The fourth-order valence-electron chi connectivity index (χ4n) is 3.39. The second-order valence-corrected chi connectivity index (χ2v) is 6.63. The molecule has 0 aliphatic heterocycles. The molecule has 0 atom stereocenters. The summed E-state index contributed by atoms with van der Waals surface area (Å²) in [5, 5.41) is 3.04. The molecule has 0 fully saturated rings. The van der Waals surface area contributed by atoms with Crippen LogP contribution in [0.1, 0.15) is 53.2 Å². The molecule has 1 N–H and O–H groups in total. The predicted molar refractivity (Wildman–Crippen MR) is 101 cm³/mol. The second-order valence-electron chi connectivity index (χ2n) is 6.63. The molecule has 25 heavy (non-hydrogen) atoms. The third-order valence-corrected chi connectivity index (χ3v) is 4.77. The minimum atomic E-state index is 0.0417. The van der Waals surface area contributed by atoms with Gasteiger partial charge in [-0.3, -0.25) is 4.79 Å². The van der Waals surface area contributed by atoms with E-state index in [-0.39, 0.29) is 5.91 Å². The number of hydrogen-bond donors (Lipinski definition) is 1. The van der Waals surface area contributed by atoms with Crippen LogP contribution in [0.15, 0.2) is 42.5 Å². The van der Waals surface area contributed by atoms with Crippen molar-refractivity contribution in [3.63, 3.8) is 0 Å². The molecule has 1 aliphatic carbocycles. The molecule has 0 radical (unpaired) electrons. The number of benzene rings is 2. The van der Waals surface area contributed by atoms with Crippen LogP contribution in [0.5, 0.6) is 5.75 Å². The van der Waals surface area contributed by atoms with Gasteiger partial charge in [0, 0.05) is 12.1 Å². The van der Waals surface area contributed by atoms with Crippen LogP contribution in [0.25, 0.3) is 0 Å². The van der Waals surface area contributed by atoms with Crippen LogP contribution >= 0.6 is 0 Å². The molecule has 1 aliphatic rings. The molecule has 1 amide bonds. The Kier molecular flexibility index (Phi) is 6.10. The Morgan fingerprint density at radius 1 is 1.04 bits per heavy atom. The zero-order valence-corrected chi connectivity index (χ0v) is 15.0. The van der Waals surface area contributed by atoms with Crippen molar-refractivity contribution in [2.45, 2.75) is 45.4 Å². The summed E-state index contributed by atoms with van der Waals surface area (Å²) in [6.45, 7) is 3.37. The van der Waals surface area contributed by atoms with E-state index in [2.05, 4.69) is 29.6 Å². The molecule has 0 saturated carbocycles. The van der Waals surface area contributed by atoms with E-state index in [0.717, 1.165) is 37.0 Å². The average molecular weight is 337 g/mol. The lowest BCUT2D eigenvalue weighted by atomic mass is 9.90. The van der Waals surface area contributed by atoms with E-state index in [9.17, 15) is 4.79 Å². The summed E-state index contributed by atoms with van der Waals surface area (Å²) >= 11 is 0. The Hall–Kier alpha value is -2.29. The Morgan fingerprint density at radius 3 is 2.56 bits per heavy atom. The smallest absolute Gasteiger partial charge is 0.251 e. The summed E-state index contributed by atoms with van der Waals surface area (Å²) in [5.41, 5.74) is 4.83. The number of ether oxygens (including phenoxy) is 1.